The number of piperidine rings is 1. The average Bonchev–Trinajstić information content (AvgIpc) is 2.68. The summed E-state index contributed by atoms with van der Waals surface area (Å²) >= 11 is 0. The molecule has 0 saturated carbocycles. The molecule has 7 nitrogen and oxygen atoms in total. The summed E-state index contributed by atoms with van der Waals surface area (Å²) < 4.78 is 29.7. The molecule has 2 fully saturated rings. The van der Waals surface area contributed by atoms with Crippen molar-refractivity contribution in [2.24, 2.45) is 5.41 Å². The second-order valence-electron chi connectivity index (χ2n) is 9.17. The smallest absolute Gasteiger partial charge is 0.407 e. The highest BCUT2D eigenvalue weighted by Crippen LogP contribution is 2.33. The number of piperazine rings is 1. The predicted octanol–water partition coefficient (Wildman–Crippen LogP) is 3.55. The van der Waals surface area contributed by atoms with E-state index < -0.39 is 12.7 Å². The Kier molecular flexibility index (Phi) is 6.59. The van der Waals surface area contributed by atoms with E-state index in [9.17, 15) is 18.7 Å². The average molecular weight is 427 g/mol. The van der Waals surface area contributed by atoms with Crippen molar-refractivity contribution in [3.8, 4) is 5.75 Å². The van der Waals surface area contributed by atoms with Crippen LogP contribution >= 0.6 is 0 Å². The normalized spacial score (nSPS) is 21.9. The van der Waals surface area contributed by atoms with Crippen molar-refractivity contribution in [3.05, 3.63) is 18.2 Å². The highest BCUT2D eigenvalue weighted by Gasteiger charge is 2.40. The van der Waals surface area contributed by atoms with Gasteiger partial charge in [-0.05, 0) is 30.4 Å². The van der Waals surface area contributed by atoms with Crippen molar-refractivity contribution < 1.29 is 23.4 Å². The summed E-state index contributed by atoms with van der Waals surface area (Å²) in [6.45, 7) is 6.91. The molecule has 0 aliphatic carbocycles. The van der Waals surface area contributed by atoms with Gasteiger partial charge in [-0.25, -0.2) is 4.79 Å². The van der Waals surface area contributed by atoms with Crippen LogP contribution < -0.4 is 15.4 Å². The first-order chi connectivity index (χ1) is 14.1. The van der Waals surface area contributed by atoms with E-state index in [0.29, 0.717) is 12.6 Å². The largest absolute Gasteiger partial charge is 0.465 e. The summed E-state index contributed by atoms with van der Waals surface area (Å²) in [6, 6.07) is 5.33. The molecule has 1 unspecified atom stereocenters. The number of amides is 1. The molecule has 0 radical (unpaired) electrons. The lowest BCUT2D eigenvalue weighted by molar-refractivity contribution is -0.0493. The van der Waals surface area contributed by atoms with Crippen LogP contribution in [-0.4, -0.2) is 72.4 Å². The van der Waals surface area contributed by atoms with Crippen molar-refractivity contribution >= 4 is 17.5 Å². The zero-order valence-corrected chi connectivity index (χ0v) is 17.9. The van der Waals surface area contributed by atoms with Crippen LogP contribution in [0, 0.1) is 5.41 Å². The van der Waals surface area contributed by atoms with Crippen molar-refractivity contribution in [1.29, 1.82) is 0 Å². The topological polar surface area (TPSA) is 82.3 Å². The number of halogens is 2. The molecule has 0 bridgehead atoms. The summed E-state index contributed by atoms with van der Waals surface area (Å²) in [7, 11) is 0. The van der Waals surface area contributed by atoms with Crippen molar-refractivity contribution in [2.45, 2.75) is 52.3 Å². The summed E-state index contributed by atoms with van der Waals surface area (Å²) in [5.41, 5.74) is 6.62. The summed E-state index contributed by atoms with van der Waals surface area (Å²) in [5, 5.41) is 9.56. The number of nitrogens with two attached hydrogens (primary N) is 1. The predicted molar refractivity (Wildman–Crippen MR) is 112 cm³/mol. The molecule has 1 atom stereocenters. The van der Waals surface area contributed by atoms with Gasteiger partial charge in [0.25, 0.3) is 0 Å². The molecular formula is C21H32F2N4O3. The number of anilines is 2. The fourth-order valence-electron chi connectivity index (χ4n) is 4.51. The number of hydrogen-bond donors (Lipinski definition) is 2. The van der Waals surface area contributed by atoms with Crippen LogP contribution in [0.1, 0.15) is 33.6 Å². The van der Waals surface area contributed by atoms with E-state index in [4.69, 9.17) is 5.73 Å². The third-order valence-electron chi connectivity index (χ3n) is 6.22. The molecule has 0 aromatic heterocycles. The molecule has 2 aliphatic rings. The van der Waals surface area contributed by atoms with Gasteiger partial charge in [-0.1, -0.05) is 20.8 Å². The molecule has 3 N–H and O–H groups in total. The molecule has 2 aliphatic heterocycles. The number of nitrogens with zero attached hydrogens (tertiary/aromatic N) is 3. The minimum absolute atomic E-state index is 0.00225. The Hall–Kier alpha value is -2.29. The van der Waals surface area contributed by atoms with Crippen LogP contribution in [0.5, 0.6) is 5.75 Å². The SMILES string of the molecule is CC(C)(C)C1CN(C2CCN(c3ccc(N)c(OC(F)F)c3)CC2)CCN1C(=O)O. The maximum absolute atomic E-state index is 12.6. The molecular weight excluding hydrogens is 394 g/mol. The van der Waals surface area contributed by atoms with Gasteiger partial charge in [0.05, 0.1) is 11.7 Å². The first kappa shape index (κ1) is 22.4. The van der Waals surface area contributed by atoms with Crippen LogP contribution in [0.2, 0.25) is 0 Å². The summed E-state index contributed by atoms with van der Waals surface area (Å²) in [4.78, 5) is 17.8. The summed E-state index contributed by atoms with van der Waals surface area (Å²) in [6.07, 6.45) is 1.01. The Morgan fingerprint density at radius 2 is 1.87 bits per heavy atom. The molecule has 1 aromatic carbocycles. The molecule has 3 rings (SSSR count). The van der Waals surface area contributed by atoms with E-state index in [2.05, 4.69) is 35.3 Å². The highest BCUT2D eigenvalue weighted by molar-refractivity contribution is 5.66. The number of rotatable bonds is 4. The van der Waals surface area contributed by atoms with Crippen molar-refractivity contribution in [1.82, 2.24) is 9.80 Å². The van der Waals surface area contributed by atoms with Gasteiger partial charge in [0.15, 0.2) is 5.75 Å². The van der Waals surface area contributed by atoms with Crippen LogP contribution in [0.4, 0.5) is 25.0 Å². The number of hydrogen-bond acceptors (Lipinski definition) is 5. The maximum atomic E-state index is 12.6. The fourth-order valence-corrected chi connectivity index (χ4v) is 4.51. The third-order valence-corrected chi connectivity index (χ3v) is 6.22. The Morgan fingerprint density at radius 1 is 1.20 bits per heavy atom. The number of nitrogen functional groups attached to an aromatic ring is 1. The first-order valence-electron chi connectivity index (χ1n) is 10.4. The Balaban J connectivity index is 1.62. The Bertz CT molecular complexity index is 748. The van der Waals surface area contributed by atoms with Gasteiger partial charge >= 0.3 is 12.7 Å². The van der Waals surface area contributed by atoms with Gasteiger partial charge in [-0.3, -0.25) is 4.90 Å². The lowest BCUT2D eigenvalue weighted by atomic mass is 9.83. The molecule has 1 amide bonds. The van der Waals surface area contributed by atoms with Gasteiger partial charge in [0.2, 0.25) is 0 Å². The standard InChI is InChI=1S/C21H32F2N4O3/c1-21(2,3)18-13-26(10-11-27(18)20(28)29)14-6-8-25(9-7-14)15-4-5-16(24)17(12-15)30-19(22)23/h4-5,12,14,18-19H,6-11,13,24H2,1-3H3,(H,28,29). The maximum Gasteiger partial charge on any atom is 0.407 e. The van der Waals surface area contributed by atoms with Crippen LogP contribution in [0.3, 0.4) is 0 Å². The molecule has 2 saturated heterocycles. The molecule has 30 heavy (non-hydrogen) atoms. The number of alkyl halides is 2. The van der Waals surface area contributed by atoms with Crippen LogP contribution in [0.25, 0.3) is 0 Å². The van der Waals surface area contributed by atoms with Gasteiger partial charge in [-0.15, -0.1) is 0 Å². The molecule has 0 spiro atoms. The van der Waals surface area contributed by atoms with Gasteiger partial charge in [0, 0.05) is 50.5 Å². The van der Waals surface area contributed by atoms with E-state index in [-0.39, 0.29) is 22.9 Å². The molecule has 168 valence electrons. The number of benzene rings is 1. The first-order valence-corrected chi connectivity index (χ1v) is 10.4. The zero-order chi connectivity index (χ0) is 22.1. The minimum atomic E-state index is -2.91. The number of ether oxygens (including phenoxy) is 1. The van der Waals surface area contributed by atoms with Crippen molar-refractivity contribution in [2.75, 3.05) is 43.4 Å². The number of carboxylic acid groups (broad SMARTS) is 1. The van der Waals surface area contributed by atoms with E-state index in [1.165, 1.54) is 0 Å². The molecule has 9 heteroatoms. The zero-order valence-electron chi connectivity index (χ0n) is 17.9. The molecule has 2 heterocycles. The minimum Gasteiger partial charge on any atom is -0.465 e. The van der Waals surface area contributed by atoms with E-state index >= 15 is 0 Å². The quantitative estimate of drug-likeness (QED) is 0.717. The van der Waals surface area contributed by atoms with Gasteiger partial charge in [0.1, 0.15) is 0 Å². The fraction of sp³-hybridized carbons (Fsp3) is 0.667. The lowest BCUT2D eigenvalue weighted by Crippen LogP contribution is -2.62. The number of carbonyl (C=O) groups is 1. The van der Waals surface area contributed by atoms with E-state index in [1.807, 2.05) is 6.07 Å². The van der Waals surface area contributed by atoms with Crippen LogP contribution in [-0.2, 0) is 0 Å². The third kappa shape index (κ3) is 5.06. The lowest BCUT2D eigenvalue weighted by Gasteiger charge is -2.49. The second-order valence-corrected chi connectivity index (χ2v) is 9.17. The monoisotopic (exact) mass is 426 g/mol. The van der Waals surface area contributed by atoms with Crippen molar-refractivity contribution in [3.63, 3.8) is 0 Å². The Morgan fingerprint density at radius 3 is 2.43 bits per heavy atom. The van der Waals surface area contributed by atoms with Gasteiger partial charge < -0.3 is 25.4 Å². The second kappa shape index (κ2) is 8.83. The summed E-state index contributed by atoms with van der Waals surface area (Å²) in [5.74, 6) is 0.00225. The van der Waals surface area contributed by atoms with E-state index in [0.717, 1.165) is 44.7 Å². The molecule has 1 aromatic rings. The van der Waals surface area contributed by atoms with Crippen LogP contribution in [0.15, 0.2) is 18.2 Å². The highest BCUT2D eigenvalue weighted by atomic mass is 19.3. The van der Waals surface area contributed by atoms with E-state index in [1.54, 1.807) is 17.0 Å². The van der Waals surface area contributed by atoms with Gasteiger partial charge in [-0.2, -0.15) is 8.78 Å². The Labute approximate surface area is 176 Å².